The molecule has 0 aliphatic rings. The highest BCUT2D eigenvalue weighted by atomic mass is 15.1. The minimum absolute atomic E-state index is 0.0536. The highest BCUT2D eigenvalue weighted by molar-refractivity contribution is 6.12. The molecule has 0 aliphatic heterocycles. The first kappa shape index (κ1) is 44.5. The second kappa shape index (κ2) is 15.9. The van der Waals surface area contributed by atoms with Gasteiger partial charge in [0.05, 0.1) is 51.4 Å². The third-order valence-electron chi connectivity index (χ3n) is 13.8. The Morgan fingerprint density at radius 2 is 0.706 bits per heavy atom. The lowest BCUT2D eigenvalue weighted by Crippen LogP contribution is -2.11. The van der Waals surface area contributed by atoms with Crippen LogP contribution in [0.2, 0.25) is 0 Å². The van der Waals surface area contributed by atoms with E-state index in [4.69, 9.17) is 16.5 Å². The fraction of sp³-hybridized carbons (Fsp3) is 0.254. The van der Waals surface area contributed by atoms with Gasteiger partial charge in [0.15, 0.2) is 5.69 Å². The molecule has 0 spiro atoms. The molecule has 0 radical (unpaired) electrons. The van der Waals surface area contributed by atoms with E-state index in [2.05, 4.69) is 212 Å². The smallest absolute Gasteiger partial charge is 0.200 e. The summed E-state index contributed by atoms with van der Waals surface area (Å²) in [5, 5.41) is 4.77. The highest BCUT2D eigenvalue weighted by Gasteiger charge is 2.27. The van der Waals surface area contributed by atoms with Crippen LogP contribution in [0.1, 0.15) is 105 Å². The first-order valence-corrected chi connectivity index (χ1v) is 23.9. The molecule has 0 bridgehead atoms. The zero-order valence-corrected chi connectivity index (χ0v) is 41.7. The van der Waals surface area contributed by atoms with Crippen LogP contribution >= 0.6 is 0 Å². The van der Waals surface area contributed by atoms with Gasteiger partial charge in [0.25, 0.3) is 0 Å². The molecule has 10 rings (SSSR count). The molecule has 7 aromatic carbocycles. The summed E-state index contributed by atoms with van der Waals surface area (Å²) in [6, 6.07) is 54.8. The number of nitrogens with zero attached hydrogens (tertiary/aromatic N) is 5. The topological polar surface area (TPSA) is 40.0 Å². The molecule has 0 amide bonds. The van der Waals surface area contributed by atoms with Crippen molar-refractivity contribution in [3.63, 3.8) is 0 Å². The molecule has 0 aliphatic carbocycles. The molecule has 68 heavy (non-hydrogen) atoms. The monoisotopic (exact) mass is 887 g/mol. The highest BCUT2D eigenvalue weighted by Crippen LogP contribution is 2.45. The van der Waals surface area contributed by atoms with Gasteiger partial charge in [0, 0.05) is 38.2 Å². The van der Waals surface area contributed by atoms with Crippen LogP contribution in [-0.2, 0) is 21.7 Å². The van der Waals surface area contributed by atoms with Crippen LogP contribution in [0.3, 0.4) is 0 Å². The van der Waals surface area contributed by atoms with Gasteiger partial charge < -0.3 is 9.13 Å². The van der Waals surface area contributed by atoms with Crippen LogP contribution in [0.5, 0.6) is 0 Å². The third-order valence-corrected chi connectivity index (χ3v) is 13.8. The molecule has 5 nitrogen and oxygen atoms in total. The first-order chi connectivity index (χ1) is 32.2. The van der Waals surface area contributed by atoms with E-state index >= 15 is 0 Å². The van der Waals surface area contributed by atoms with Crippen LogP contribution in [0.25, 0.3) is 93.7 Å². The van der Waals surface area contributed by atoms with Crippen molar-refractivity contribution in [2.24, 2.45) is 0 Å². The van der Waals surface area contributed by atoms with Crippen LogP contribution in [-0.4, -0.2) is 19.1 Å². The second-order valence-corrected chi connectivity index (χ2v) is 22.8. The fourth-order valence-electron chi connectivity index (χ4n) is 9.71. The number of aromatic nitrogens is 4. The minimum atomic E-state index is -0.0573. The van der Waals surface area contributed by atoms with Gasteiger partial charge in [-0.25, -0.2) is 14.8 Å². The molecule has 0 saturated heterocycles. The van der Waals surface area contributed by atoms with E-state index in [9.17, 15) is 0 Å². The summed E-state index contributed by atoms with van der Waals surface area (Å²) in [7, 11) is 0. The molecule has 338 valence electrons. The van der Waals surface area contributed by atoms with Crippen molar-refractivity contribution in [3.8, 4) is 45.3 Å². The van der Waals surface area contributed by atoms with E-state index in [1.807, 2.05) is 36.4 Å². The van der Waals surface area contributed by atoms with Gasteiger partial charge in [-0.3, -0.25) is 0 Å². The molecule has 10 aromatic rings. The number of benzene rings is 7. The van der Waals surface area contributed by atoms with Gasteiger partial charge in [0.2, 0.25) is 0 Å². The van der Waals surface area contributed by atoms with Crippen LogP contribution in [0.15, 0.2) is 152 Å². The Bertz CT molecular complexity index is 3440. The molecule has 5 heteroatoms. The van der Waals surface area contributed by atoms with Crippen molar-refractivity contribution in [1.29, 1.82) is 0 Å². The Hall–Kier alpha value is -7.29. The number of hydrogen-bond acceptors (Lipinski definition) is 2. The average molecular weight is 888 g/mol. The maximum atomic E-state index is 8.94. The lowest BCUT2D eigenvalue weighted by atomic mass is 9.85. The summed E-state index contributed by atoms with van der Waals surface area (Å²) < 4.78 is 4.83. The quantitative estimate of drug-likeness (QED) is 0.162. The maximum Gasteiger partial charge on any atom is 0.200 e. The third kappa shape index (κ3) is 7.76. The van der Waals surface area contributed by atoms with Crippen molar-refractivity contribution in [2.75, 3.05) is 0 Å². The van der Waals surface area contributed by atoms with Crippen LogP contribution in [0, 0.1) is 6.57 Å². The van der Waals surface area contributed by atoms with E-state index in [0.29, 0.717) is 17.1 Å². The molecule has 0 atom stereocenters. The van der Waals surface area contributed by atoms with Crippen molar-refractivity contribution >= 4 is 49.3 Å². The molecule has 3 aromatic heterocycles. The average Bonchev–Trinajstić information content (AvgIpc) is 3.81. The number of hydrogen-bond donors (Lipinski definition) is 0. The number of fused-ring (bicyclic) bond motifs is 6. The summed E-state index contributed by atoms with van der Waals surface area (Å²) in [6.07, 6.45) is 0. The van der Waals surface area contributed by atoms with Crippen LogP contribution < -0.4 is 0 Å². The van der Waals surface area contributed by atoms with Gasteiger partial charge >= 0.3 is 0 Å². The maximum absolute atomic E-state index is 8.94. The summed E-state index contributed by atoms with van der Waals surface area (Å²) in [5.74, 6) is 0.502. The summed E-state index contributed by atoms with van der Waals surface area (Å²) in [5.41, 5.74) is 15.8. The Labute approximate surface area is 402 Å². The fourth-order valence-corrected chi connectivity index (χ4v) is 9.71. The van der Waals surface area contributed by atoms with E-state index in [-0.39, 0.29) is 21.7 Å². The lowest BCUT2D eigenvalue weighted by Gasteiger charge is -2.22. The predicted octanol–water partition coefficient (Wildman–Crippen LogP) is 17.4. The number of rotatable bonds is 5. The van der Waals surface area contributed by atoms with Gasteiger partial charge in [-0.15, -0.1) is 0 Å². The van der Waals surface area contributed by atoms with Crippen molar-refractivity contribution in [1.82, 2.24) is 19.1 Å². The molecule has 0 fully saturated rings. The largest absolute Gasteiger partial charge is 0.308 e. The molecule has 0 N–H and O–H groups in total. The van der Waals surface area contributed by atoms with Crippen molar-refractivity contribution in [3.05, 3.63) is 185 Å². The molecule has 0 saturated carbocycles. The minimum Gasteiger partial charge on any atom is -0.308 e. The second-order valence-electron chi connectivity index (χ2n) is 22.8. The van der Waals surface area contributed by atoms with Gasteiger partial charge in [-0.2, -0.15) is 0 Å². The summed E-state index contributed by atoms with van der Waals surface area (Å²) in [4.78, 5) is 15.0. The zero-order valence-electron chi connectivity index (χ0n) is 41.7. The van der Waals surface area contributed by atoms with E-state index in [0.717, 1.165) is 56.0 Å². The molecular formula is C63H61N5. The summed E-state index contributed by atoms with van der Waals surface area (Å²) >= 11 is 0. The Balaban J connectivity index is 1.38. The predicted molar refractivity (Wildman–Crippen MR) is 288 cm³/mol. The summed E-state index contributed by atoms with van der Waals surface area (Å²) in [6.45, 7) is 36.3. The Morgan fingerprint density at radius 1 is 0.382 bits per heavy atom. The molecule has 3 heterocycles. The van der Waals surface area contributed by atoms with E-state index in [1.54, 1.807) is 0 Å². The van der Waals surface area contributed by atoms with E-state index in [1.165, 1.54) is 43.8 Å². The van der Waals surface area contributed by atoms with Crippen molar-refractivity contribution in [2.45, 2.75) is 105 Å². The molecular weight excluding hydrogens is 827 g/mol. The van der Waals surface area contributed by atoms with Gasteiger partial charge in [-0.1, -0.05) is 168 Å². The van der Waals surface area contributed by atoms with Crippen molar-refractivity contribution < 1.29 is 0 Å². The normalized spacial score (nSPS) is 12.7. The first-order valence-electron chi connectivity index (χ1n) is 23.9. The Morgan fingerprint density at radius 3 is 1.01 bits per heavy atom. The SMILES string of the molecule is [C-]#[N+]c1cc(-n2c3ccc(C(C)(C)C)cc3c3cc(C(C)(C)C)ccc32)c(-n2c3ccc(C(C)(C)C)cc3c3cc(C(C)(C)C)ccc32)cc1-c1nc(-c2ccccc2)cc(-c2ccccc2)n1. The van der Waals surface area contributed by atoms with Gasteiger partial charge in [-0.05, 0) is 111 Å². The zero-order chi connectivity index (χ0) is 48.1. The molecule has 0 unspecified atom stereocenters. The van der Waals surface area contributed by atoms with Gasteiger partial charge in [0.1, 0.15) is 5.82 Å². The standard InChI is InChI=1S/C63H61N5/c1-60(2,3)41-24-28-53-45(32-41)46-33-42(61(4,5)6)25-29-54(46)67(53)57-36-49(59-65-50(39-20-16-14-17-21-39)37-51(66-59)40-22-18-15-19-23-40)52(64-13)38-58(57)68-55-30-26-43(62(7,8)9)34-47(55)48-35-44(63(10,11)12)27-31-56(48)68/h14-38H,1-12H3. The van der Waals surface area contributed by atoms with Crippen LogP contribution in [0.4, 0.5) is 5.69 Å². The van der Waals surface area contributed by atoms with E-state index < -0.39 is 0 Å². The Kier molecular flexibility index (Phi) is 10.4. The lowest BCUT2D eigenvalue weighted by molar-refractivity contribution is 0.590.